The van der Waals surface area contributed by atoms with Crippen LogP contribution in [0.4, 0.5) is 0 Å². The quantitative estimate of drug-likeness (QED) is 0.643. The Morgan fingerprint density at radius 1 is 1.00 bits per heavy atom. The van der Waals surface area contributed by atoms with Crippen LogP contribution < -0.4 is 4.74 Å². The molecule has 2 heteroatoms. The first-order valence-electron chi connectivity index (χ1n) is 7.43. The van der Waals surface area contributed by atoms with Crippen LogP contribution in [0.15, 0.2) is 67.0 Å². The lowest BCUT2D eigenvalue weighted by Gasteiger charge is -2.20. The lowest BCUT2D eigenvalue weighted by Crippen LogP contribution is -2.07. The van der Waals surface area contributed by atoms with E-state index in [1.54, 1.807) is 0 Å². The fraction of sp³-hybridized carbons (Fsp3) is 0.211. The highest BCUT2D eigenvalue weighted by molar-refractivity contribution is 5.87. The molecule has 1 aromatic heterocycles. The molecule has 3 aromatic rings. The minimum Gasteiger partial charge on any atom is -0.485 e. The van der Waals surface area contributed by atoms with Crippen LogP contribution in [0.3, 0.4) is 0 Å². The molecule has 1 atom stereocenters. The van der Waals surface area contributed by atoms with Gasteiger partial charge in [-0.15, -0.1) is 0 Å². The molecule has 0 aliphatic heterocycles. The predicted octanol–water partition coefficient (Wildman–Crippen LogP) is 5.16. The van der Waals surface area contributed by atoms with Crippen molar-refractivity contribution >= 4 is 10.8 Å². The van der Waals surface area contributed by atoms with E-state index in [0.29, 0.717) is 0 Å². The van der Waals surface area contributed by atoms with Crippen LogP contribution >= 0.6 is 0 Å². The van der Waals surface area contributed by atoms with Crippen molar-refractivity contribution in [2.75, 3.05) is 0 Å². The van der Waals surface area contributed by atoms with Crippen molar-refractivity contribution in [3.8, 4) is 5.75 Å². The molecule has 1 unspecified atom stereocenters. The first-order valence-corrected chi connectivity index (χ1v) is 7.43. The minimum absolute atomic E-state index is 0.0926. The Bertz CT molecular complexity index is 704. The molecule has 0 saturated heterocycles. The second kappa shape index (κ2) is 6.40. The summed E-state index contributed by atoms with van der Waals surface area (Å²) in [5, 5.41) is 2.22. The van der Waals surface area contributed by atoms with E-state index in [2.05, 4.69) is 42.2 Å². The second-order valence-corrected chi connectivity index (χ2v) is 5.16. The Kier molecular flexibility index (Phi) is 4.15. The number of benzene rings is 2. The van der Waals surface area contributed by atoms with Gasteiger partial charge in [0.15, 0.2) is 0 Å². The number of fused-ring (bicyclic) bond motifs is 1. The molecule has 2 aromatic carbocycles. The van der Waals surface area contributed by atoms with Crippen LogP contribution in [0.25, 0.3) is 10.8 Å². The molecular weight excluding hydrogens is 258 g/mol. The van der Waals surface area contributed by atoms with Gasteiger partial charge in [-0.1, -0.05) is 55.8 Å². The molecule has 0 amide bonds. The van der Waals surface area contributed by atoms with E-state index in [1.165, 1.54) is 5.56 Å². The molecule has 0 spiro atoms. The first kappa shape index (κ1) is 13.6. The summed E-state index contributed by atoms with van der Waals surface area (Å²) in [7, 11) is 0. The molecule has 3 rings (SSSR count). The van der Waals surface area contributed by atoms with Gasteiger partial charge in [0.1, 0.15) is 11.9 Å². The van der Waals surface area contributed by atoms with Gasteiger partial charge in [-0.3, -0.25) is 4.98 Å². The average Bonchev–Trinajstić information content (AvgIpc) is 2.55. The van der Waals surface area contributed by atoms with Crippen molar-refractivity contribution in [3.63, 3.8) is 0 Å². The number of rotatable bonds is 5. The zero-order valence-corrected chi connectivity index (χ0v) is 12.2. The summed E-state index contributed by atoms with van der Waals surface area (Å²) in [6.07, 6.45) is 5.87. The Morgan fingerprint density at radius 2 is 1.86 bits per heavy atom. The summed E-state index contributed by atoms with van der Waals surface area (Å²) < 4.78 is 6.33. The van der Waals surface area contributed by atoms with E-state index >= 15 is 0 Å². The van der Waals surface area contributed by atoms with Crippen molar-refractivity contribution < 1.29 is 4.74 Å². The van der Waals surface area contributed by atoms with Crippen molar-refractivity contribution in [1.82, 2.24) is 4.98 Å². The highest BCUT2D eigenvalue weighted by Gasteiger charge is 2.13. The summed E-state index contributed by atoms with van der Waals surface area (Å²) in [6, 6.07) is 18.6. The van der Waals surface area contributed by atoms with Crippen LogP contribution in [-0.4, -0.2) is 4.98 Å². The van der Waals surface area contributed by atoms with Gasteiger partial charge in [-0.25, -0.2) is 0 Å². The number of hydrogen-bond donors (Lipinski definition) is 0. The number of aromatic nitrogens is 1. The van der Waals surface area contributed by atoms with Crippen LogP contribution in [0.5, 0.6) is 5.75 Å². The molecule has 0 aliphatic carbocycles. The molecule has 1 heterocycles. The monoisotopic (exact) mass is 277 g/mol. The Hall–Kier alpha value is -2.35. The highest BCUT2D eigenvalue weighted by atomic mass is 16.5. The van der Waals surface area contributed by atoms with Gasteiger partial charge in [-0.2, -0.15) is 0 Å². The van der Waals surface area contributed by atoms with Gasteiger partial charge in [-0.05, 0) is 24.1 Å². The maximum atomic E-state index is 6.33. The van der Waals surface area contributed by atoms with Gasteiger partial charge in [0, 0.05) is 23.2 Å². The number of nitrogens with zero attached hydrogens (tertiary/aromatic N) is 1. The molecule has 2 nitrogen and oxygen atoms in total. The molecule has 21 heavy (non-hydrogen) atoms. The fourth-order valence-corrected chi connectivity index (χ4v) is 2.57. The average molecular weight is 277 g/mol. The molecule has 0 radical (unpaired) electrons. The smallest absolute Gasteiger partial charge is 0.128 e. The summed E-state index contributed by atoms with van der Waals surface area (Å²) in [4.78, 5) is 4.17. The summed E-state index contributed by atoms with van der Waals surface area (Å²) in [6.45, 7) is 2.19. The summed E-state index contributed by atoms with van der Waals surface area (Å²) >= 11 is 0. The summed E-state index contributed by atoms with van der Waals surface area (Å²) in [5.74, 6) is 0.928. The van der Waals surface area contributed by atoms with Crippen LogP contribution in [0, 0.1) is 0 Å². The van der Waals surface area contributed by atoms with Gasteiger partial charge >= 0.3 is 0 Å². The Morgan fingerprint density at radius 3 is 2.67 bits per heavy atom. The van der Waals surface area contributed by atoms with E-state index < -0.39 is 0 Å². The van der Waals surface area contributed by atoms with Crippen molar-refractivity contribution in [3.05, 3.63) is 72.6 Å². The van der Waals surface area contributed by atoms with Crippen LogP contribution in [-0.2, 0) is 0 Å². The minimum atomic E-state index is 0.0926. The predicted molar refractivity (Wildman–Crippen MR) is 86.5 cm³/mol. The van der Waals surface area contributed by atoms with Crippen LogP contribution in [0.2, 0.25) is 0 Å². The van der Waals surface area contributed by atoms with Crippen molar-refractivity contribution in [2.45, 2.75) is 25.9 Å². The van der Waals surface area contributed by atoms with Gasteiger partial charge in [0.25, 0.3) is 0 Å². The molecule has 0 fully saturated rings. The Balaban J connectivity index is 1.95. The SMILES string of the molecule is CCCC(Oc1cccc2cnccc12)c1ccccc1. The highest BCUT2D eigenvalue weighted by Crippen LogP contribution is 2.31. The van der Waals surface area contributed by atoms with E-state index in [9.17, 15) is 0 Å². The maximum Gasteiger partial charge on any atom is 0.128 e. The molecule has 0 bridgehead atoms. The Labute approximate surface area is 125 Å². The van der Waals surface area contributed by atoms with Crippen molar-refractivity contribution in [2.24, 2.45) is 0 Å². The zero-order chi connectivity index (χ0) is 14.5. The van der Waals surface area contributed by atoms with Gasteiger partial charge < -0.3 is 4.74 Å². The molecular formula is C19H19NO. The first-order chi connectivity index (χ1) is 10.4. The molecule has 0 aliphatic rings. The third kappa shape index (κ3) is 3.05. The van der Waals surface area contributed by atoms with E-state index in [0.717, 1.165) is 29.4 Å². The normalized spacial score (nSPS) is 12.2. The number of hydrogen-bond acceptors (Lipinski definition) is 2. The fourth-order valence-electron chi connectivity index (χ4n) is 2.57. The lowest BCUT2D eigenvalue weighted by atomic mass is 10.0. The molecule has 106 valence electrons. The number of pyridine rings is 1. The zero-order valence-electron chi connectivity index (χ0n) is 12.2. The largest absolute Gasteiger partial charge is 0.485 e. The molecule has 0 saturated carbocycles. The molecule has 0 N–H and O–H groups in total. The van der Waals surface area contributed by atoms with E-state index in [1.807, 2.05) is 36.7 Å². The van der Waals surface area contributed by atoms with Crippen molar-refractivity contribution in [1.29, 1.82) is 0 Å². The summed E-state index contributed by atoms with van der Waals surface area (Å²) in [5.41, 5.74) is 1.23. The third-order valence-corrected chi connectivity index (χ3v) is 3.63. The van der Waals surface area contributed by atoms with E-state index in [-0.39, 0.29) is 6.10 Å². The maximum absolute atomic E-state index is 6.33. The van der Waals surface area contributed by atoms with Crippen LogP contribution in [0.1, 0.15) is 31.4 Å². The third-order valence-electron chi connectivity index (χ3n) is 3.63. The number of ether oxygens (including phenoxy) is 1. The standard InChI is InChI=1S/C19H19NO/c1-2-7-18(15-8-4-3-5-9-15)21-19-11-6-10-16-14-20-13-12-17(16)19/h3-6,8-14,18H,2,7H2,1H3. The van der Waals surface area contributed by atoms with Gasteiger partial charge in [0.2, 0.25) is 0 Å². The topological polar surface area (TPSA) is 22.1 Å². The van der Waals surface area contributed by atoms with E-state index in [4.69, 9.17) is 4.74 Å². The second-order valence-electron chi connectivity index (χ2n) is 5.16. The van der Waals surface area contributed by atoms with Gasteiger partial charge in [0.05, 0.1) is 0 Å². The lowest BCUT2D eigenvalue weighted by molar-refractivity contribution is 0.196.